The second-order valence-electron chi connectivity index (χ2n) is 4.22. The van der Waals surface area contributed by atoms with Crippen LogP contribution in [0.5, 0.6) is 0 Å². The van der Waals surface area contributed by atoms with Gasteiger partial charge in [0.05, 0.1) is 6.10 Å². The zero-order chi connectivity index (χ0) is 14.9. The number of benzene rings is 2. The van der Waals surface area contributed by atoms with Gasteiger partial charge < -0.3 is 5.11 Å². The average Bonchev–Trinajstić information content (AvgIpc) is 2.39. The number of aliphatic hydroxyl groups excluding tert-OH is 1. The van der Waals surface area contributed by atoms with Gasteiger partial charge in [-0.2, -0.15) is 0 Å². The van der Waals surface area contributed by atoms with Crippen molar-refractivity contribution < 1.29 is 22.7 Å². The van der Waals surface area contributed by atoms with Crippen molar-refractivity contribution >= 4 is 11.6 Å². The summed E-state index contributed by atoms with van der Waals surface area (Å²) in [4.78, 5) is 0. The molecule has 1 N–H and O–H groups in total. The molecule has 20 heavy (non-hydrogen) atoms. The van der Waals surface area contributed by atoms with Crippen LogP contribution in [-0.4, -0.2) is 5.11 Å². The molecule has 2 rings (SSSR count). The summed E-state index contributed by atoms with van der Waals surface area (Å²) >= 11 is 5.79. The van der Waals surface area contributed by atoms with Crippen LogP contribution in [0, 0.1) is 23.3 Å². The quantitative estimate of drug-likeness (QED) is 0.666. The van der Waals surface area contributed by atoms with Gasteiger partial charge in [-0.15, -0.1) is 0 Å². The smallest absolute Gasteiger partial charge is 0.194 e. The Bertz CT molecular complexity index is 602. The summed E-state index contributed by atoms with van der Waals surface area (Å²) in [5.41, 5.74) is -0.174. The molecule has 1 atom stereocenters. The highest BCUT2D eigenvalue weighted by Crippen LogP contribution is 2.27. The molecule has 2 aromatic carbocycles. The van der Waals surface area contributed by atoms with Crippen molar-refractivity contribution in [3.05, 3.63) is 69.8 Å². The van der Waals surface area contributed by atoms with Crippen LogP contribution in [0.3, 0.4) is 0 Å². The van der Waals surface area contributed by atoms with Crippen LogP contribution in [0.1, 0.15) is 17.2 Å². The maximum atomic E-state index is 13.5. The minimum atomic E-state index is -1.62. The summed E-state index contributed by atoms with van der Waals surface area (Å²) in [6.45, 7) is 0. The first-order valence-corrected chi connectivity index (χ1v) is 6.03. The third kappa shape index (κ3) is 2.94. The fourth-order valence-corrected chi connectivity index (χ4v) is 2.05. The zero-order valence-corrected chi connectivity index (χ0v) is 10.8. The van der Waals surface area contributed by atoms with Gasteiger partial charge in [0.15, 0.2) is 17.5 Å². The van der Waals surface area contributed by atoms with Gasteiger partial charge >= 0.3 is 0 Å². The molecule has 0 bridgehead atoms. The lowest BCUT2D eigenvalue weighted by Gasteiger charge is -2.13. The normalized spacial score (nSPS) is 12.5. The molecule has 0 heterocycles. The Hall–Kier alpha value is -1.59. The first-order chi connectivity index (χ1) is 9.40. The van der Waals surface area contributed by atoms with Crippen LogP contribution < -0.4 is 0 Å². The zero-order valence-electron chi connectivity index (χ0n) is 10.0. The molecule has 0 fully saturated rings. The molecular weight excluding hydrogens is 296 g/mol. The lowest BCUT2D eigenvalue weighted by Crippen LogP contribution is -2.06. The molecule has 1 nitrogen and oxygen atoms in total. The Morgan fingerprint density at radius 1 is 1.00 bits per heavy atom. The number of rotatable bonds is 3. The number of halogens is 5. The molecule has 0 aromatic heterocycles. The van der Waals surface area contributed by atoms with Gasteiger partial charge in [0.1, 0.15) is 5.82 Å². The van der Waals surface area contributed by atoms with Gasteiger partial charge in [-0.05, 0) is 29.8 Å². The van der Waals surface area contributed by atoms with Gasteiger partial charge in [-0.25, -0.2) is 17.6 Å². The molecule has 0 aliphatic heterocycles. The third-order valence-corrected chi connectivity index (χ3v) is 3.20. The van der Waals surface area contributed by atoms with E-state index in [1.54, 1.807) is 0 Å². The summed E-state index contributed by atoms with van der Waals surface area (Å²) in [6.07, 6.45) is -1.69. The summed E-state index contributed by atoms with van der Waals surface area (Å²) < 4.78 is 52.5. The lowest BCUT2D eigenvalue weighted by molar-refractivity contribution is 0.176. The highest BCUT2D eigenvalue weighted by molar-refractivity contribution is 6.31. The fraction of sp³-hybridized carbons (Fsp3) is 0.143. The minimum absolute atomic E-state index is 0.0202. The van der Waals surface area contributed by atoms with Crippen molar-refractivity contribution in [3.8, 4) is 0 Å². The Morgan fingerprint density at radius 2 is 1.60 bits per heavy atom. The van der Waals surface area contributed by atoms with Crippen molar-refractivity contribution in [2.75, 3.05) is 0 Å². The second-order valence-corrected chi connectivity index (χ2v) is 4.63. The fourth-order valence-electron chi connectivity index (χ4n) is 1.81. The summed E-state index contributed by atoms with van der Waals surface area (Å²) in [5, 5.41) is 9.97. The molecule has 0 radical (unpaired) electrons. The van der Waals surface area contributed by atoms with E-state index in [0.717, 1.165) is 6.07 Å². The van der Waals surface area contributed by atoms with E-state index in [0.29, 0.717) is 12.1 Å². The number of aliphatic hydroxyl groups is 1. The van der Waals surface area contributed by atoms with E-state index in [-0.39, 0.29) is 22.6 Å². The minimum Gasteiger partial charge on any atom is -0.388 e. The van der Waals surface area contributed by atoms with Gasteiger partial charge in [-0.3, -0.25) is 0 Å². The van der Waals surface area contributed by atoms with Gasteiger partial charge in [0, 0.05) is 17.0 Å². The van der Waals surface area contributed by atoms with E-state index in [1.807, 2.05) is 0 Å². The summed E-state index contributed by atoms with van der Waals surface area (Å²) in [7, 11) is 0. The SMILES string of the molecule is OC(Cc1c(F)cccc1Cl)c1cc(F)c(F)c(F)c1. The molecule has 0 saturated carbocycles. The second kappa shape index (κ2) is 5.81. The predicted molar refractivity (Wildman–Crippen MR) is 66.4 cm³/mol. The molecule has 0 spiro atoms. The Kier molecular flexibility index (Phi) is 4.30. The molecule has 2 aromatic rings. The third-order valence-electron chi connectivity index (χ3n) is 2.85. The molecule has 106 valence electrons. The maximum absolute atomic E-state index is 13.5. The number of hydrogen-bond acceptors (Lipinski definition) is 1. The Labute approximate surface area is 117 Å². The molecular formula is C14H9ClF4O. The average molecular weight is 305 g/mol. The standard InChI is InChI=1S/C14H9ClF4O/c15-9-2-1-3-10(16)8(9)6-13(20)7-4-11(17)14(19)12(18)5-7/h1-5,13,20H,6H2. The molecule has 0 aliphatic rings. The van der Waals surface area contributed by atoms with Crippen molar-refractivity contribution in [2.45, 2.75) is 12.5 Å². The van der Waals surface area contributed by atoms with E-state index in [4.69, 9.17) is 11.6 Å². The summed E-state index contributed by atoms with van der Waals surface area (Å²) in [5.74, 6) is -5.10. The largest absolute Gasteiger partial charge is 0.388 e. The van der Waals surface area contributed by atoms with E-state index >= 15 is 0 Å². The van der Waals surface area contributed by atoms with E-state index < -0.39 is 29.4 Å². The molecule has 0 amide bonds. The van der Waals surface area contributed by atoms with Gasteiger partial charge in [-0.1, -0.05) is 17.7 Å². The van der Waals surface area contributed by atoms with Crippen molar-refractivity contribution in [1.29, 1.82) is 0 Å². The van der Waals surface area contributed by atoms with Crippen LogP contribution in [0.25, 0.3) is 0 Å². The first-order valence-electron chi connectivity index (χ1n) is 5.65. The molecule has 6 heteroatoms. The first kappa shape index (κ1) is 14.8. The van der Waals surface area contributed by atoms with Crippen molar-refractivity contribution in [3.63, 3.8) is 0 Å². The Balaban J connectivity index is 2.31. The Morgan fingerprint density at radius 3 is 2.15 bits per heavy atom. The van der Waals surface area contributed by atoms with Crippen LogP contribution in [-0.2, 0) is 6.42 Å². The van der Waals surface area contributed by atoms with Gasteiger partial charge in [0.25, 0.3) is 0 Å². The molecule has 1 unspecified atom stereocenters. The van der Waals surface area contributed by atoms with E-state index in [2.05, 4.69) is 0 Å². The van der Waals surface area contributed by atoms with Crippen LogP contribution in [0.4, 0.5) is 17.6 Å². The van der Waals surface area contributed by atoms with Crippen molar-refractivity contribution in [1.82, 2.24) is 0 Å². The highest BCUT2D eigenvalue weighted by Gasteiger charge is 2.18. The number of hydrogen-bond donors (Lipinski definition) is 1. The summed E-state index contributed by atoms with van der Waals surface area (Å²) in [6, 6.07) is 5.30. The monoisotopic (exact) mass is 304 g/mol. The highest BCUT2D eigenvalue weighted by atomic mass is 35.5. The van der Waals surface area contributed by atoms with Crippen LogP contribution in [0.2, 0.25) is 5.02 Å². The van der Waals surface area contributed by atoms with Crippen LogP contribution in [0.15, 0.2) is 30.3 Å². The van der Waals surface area contributed by atoms with Gasteiger partial charge in [0.2, 0.25) is 0 Å². The van der Waals surface area contributed by atoms with Crippen LogP contribution >= 0.6 is 11.6 Å². The topological polar surface area (TPSA) is 20.2 Å². The molecule has 0 saturated heterocycles. The van der Waals surface area contributed by atoms with Crippen molar-refractivity contribution in [2.24, 2.45) is 0 Å². The van der Waals surface area contributed by atoms with E-state index in [9.17, 15) is 22.7 Å². The molecule has 0 aliphatic carbocycles. The van der Waals surface area contributed by atoms with E-state index in [1.165, 1.54) is 12.1 Å². The maximum Gasteiger partial charge on any atom is 0.194 e. The predicted octanol–water partition coefficient (Wildman–Crippen LogP) is 4.17. The lowest BCUT2D eigenvalue weighted by atomic mass is 10.0.